The van der Waals surface area contributed by atoms with Gasteiger partial charge in [0.1, 0.15) is 5.60 Å². The number of pyridine rings is 1. The van der Waals surface area contributed by atoms with Crippen LogP contribution >= 0.6 is 0 Å². The molecule has 0 bridgehead atoms. The number of amides is 1. The average molecular weight is 195 g/mol. The van der Waals surface area contributed by atoms with Gasteiger partial charge in [-0.05, 0) is 31.5 Å². The molecule has 5 heteroatoms. The second-order valence-electron chi connectivity index (χ2n) is 3.28. The number of hydrazine groups is 1. The zero-order valence-electron chi connectivity index (χ0n) is 8.15. The second kappa shape index (κ2) is 4.06. The minimum absolute atomic E-state index is 0.660. The molecule has 1 rings (SSSR count). The molecule has 0 radical (unpaired) electrons. The summed E-state index contributed by atoms with van der Waals surface area (Å²) in [6.45, 7) is 3.55. The Morgan fingerprint density at radius 1 is 1.50 bits per heavy atom. The van der Waals surface area contributed by atoms with Crippen LogP contribution in [-0.4, -0.2) is 11.1 Å². The third kappa shape index (κ3) is 2.43. The highest BCUT2D eigenvalue weighted by atomic mass is 16.6. The van der Waals surface area contributed by atoms with Gasteiger partial charge in [0, 0.05) is 12.4 Å². The van der Waals surface area contributed by atoms with Crippen LogP contribution in [-0.2, 0) is 10.3 Å². The standard InChI is InChI=1S/C9H13N3O2/c1-9(2,14-8(13)12-10)7-3-5-11-6-4-7/h3-6H,10H2,1-2H3,(H,12,13). The maximum absolute atomic E-state index is 10.9. The van der Waals surface area contributed by atoms with Crippen LogP contribution in [0.15, 0.2) is 24.5 Å². The van der Waals surface area contributed by atoms with Crippen molar-refractivity contribution in [1.82, 2.24) is 10.4 Å². The summed E-state index contributed by atoms with van der Waals surface area (Å²) in [5, 5.41) is 0. The van der Waals surface area contributed by atoms with Crippen LogP contribution in [0.25, 0.3) is 0 Å². The Labute approximate surface area is 82.2 Å². The van der Waals surface area contributed by atoms with Crippen molar-refractivity contribution in [3.05, 3.63) is 30.1 Å². The number of nitrogens with two attached hydrogens (primary N) is 1. The smallest absolute Gasteiger partial charge is 0.422 e. The summed E-state index contributed by atoms with van der Waals surface area (Å²) in [6, 6.07) is 3.56. The molecule has 0 atom stereocenters. The van der Waals surface area contributed by atoms with Gasteiger partial charge in [-0.25, -0.2) is 10.6 Å². The number of nitrogens with one attached hydrogen (secondary N) is 1. The predicted molar refractivity (Wildman–Crippen MR) is 51.1 cm³/mol. The van der Waals surface area contributed by atoms with Crippen molar-refractivity contribution in [2.75, 3.05) is 0 Å². The summed E-state index contributed by atoms with van der Waals surface area (Å²) in [4.78, 5) is 14.8. The van der Waals surface area contributed by atoms with Gasteiger partial charge in [-0.1, -0.05) is 0 Å². The van der Waals surface area contributed by atoms with Crippen molar-refractivity contribution in [1.29, 1.82) is 0 Å². The molecule has 0 fully saturated rings. The van der Waals surface area contributed by atoms with Crippen LogP contribution in [0.5, 0.6) is 0 Å². The summed E-state index contributed by atoms with van der Waals surface area (Å²) in [6.07, 6.45) is 2.62. The van der Waals surface area contributed by atoms with Gasteiger partial charge in [-0.15, -0.1) is 0 Å². The molecule has 1 heterocycles. The molecule has 0 aliphatic rings. The molecule has 0 spiro atoms. The van der Waals surface area contributed by atoms with Crippen LogP contribution < -0.4 is 11.3 Å². The molecule has 1 aromatic rings. The number of rotatable bonds is 2. The Morgan fingerprint density at radius 3 is 2.57 bits per heavy atom. The lowest BCUT2D eigenvalue weighted by atomic mass is 10.00. The predicted octanol–water partition coefficient (Wildman–Crippen LogP) is 0.917. The Balaban J connectivity index is 2.80. The van der Waals surface area contributed by atoms with Crippen LogP contribution in [0, 0.1) is 0 Å². The molecular formula is C9H13N3O2. The number of hydrogen-bond acceptors (Lipinski definition) is 4. The molecule has 0 aliphatic carbocycles. The fourth-order valence-corrected chi connectivity index (χ4v) is 1.07. The number of nitrogens with zero attached hydrogens (tertiary/aromatic N) is 1. The fraction of sp³-hybridized carbons (Fsp3) is 0.333. The third-order valence-corrected chi connectivity index (χ3v) is 1.84. The topological polar surface area (TPSA) is 77.2 Å². The maximum Gasteiger partial charge on any atom is 0.422 e. The highest BCUT2D eigenvalue weighted by Gasteiger charge is 2.24. The van der Waals surface area contributed by atoms with Crippen molar-refractivity contribution in [3.8, 4) is 0 Å². The first-order valence-corrected chi connectivity index (χ1v) is 4.16. The third-order valence-electron chi connectivity index (χ3n) is 1.84. The minimum atomic E-state index is -0.716. The van der Waals surface area contributed by atoms with E-state index in [1.807, 2.05) is 5.43 Å². The normalized spacial score (nSPS) is 10.8. The van der Waals surface area contributed by atoms with Gasteiger partial charge in [-0.2, -0.15) is 0 Å². The lowest BCUT2D eigenvalue weighted by Crippen LogP contribution is -2.36. The first-order chi connectivity index (χ1) is 6.56. The SMILES string of the molecule is CC(C)(OC(=O)NN)c1ccncc1. The highest BCUT2D eigenvalue weighted by Crippen LogP contribution is 2.23. The first-order valence-electron chi connectivity index (χ1n) is 4.16. The van der Waals surface area contributed by atoms with Gasteiger partial charge >= 0.3 is 6.09 Å². The lowest BCUT2D eigenvalue weighted by molar-refractivity contribution is 0.0364. The summed E-state index contributed by atoms with van der Waals surface area (Å²) in [5.41, 5.74) is 2.06. The number of hydrogen-bond donors (Lipinski definition) is 2. The molecule has 0 unspecified atom stereocenters. The molecule has 0 saturated heterocycles. The highest BCUT2D eigenvalue weighted by molar-refractivity contribution is 5.67. The molecule has 1 amide bonds. The van der Waals surface area contributed by atoms with E-state index in [4.69, 9.17) is 10.6 Å². The van der Waals surface area contributed by atoms with Crippen molar-refractivity contribution in [3.63, 3.8) is 0 Å². The lowest BCUT2D eigenvalue weighted by Gasteiger charge is -2.24. The molecule has 0 aromatic carbocycles. The van der Waals surface area contributed by atoms with Crippen molar-refractivity contribution < 1.29 is 9.53 Å². The van der Waals surface area contributed by atoms with Gasteiger partial charge in [0.15, 0.2) is 0 Å². The van der Waals surface area contributed by atoms with E-state index in [-0.39, 0.29) is 0 Å². The molecule has 5 nitrogen and oxygen atoms in total. The Hall–Kier alpha value is -1.62. The van der Waals surface area contributed by atoms with E-state index in [1.54, 1.807) is 38.4 Å². The molecular weight excluding hydrogens is 182 g/mol. The number of ether oxygens (including phenoxy) is 1. The van der Waals surface area contributed by atoms with E-state index in [1.165, 1.54) is 0 Å². The van der Waals surface area contributed by atoms with Crippen LogP contribution in [0.1, 0.15) is 19.4 Å². The molecule has 0 aliphatic heterocycles. The van der Waals surface area contributed by atoms with Gasteiger partial charge < -0.3 is 4.74 Å². The zero-order valence-corrected chi connectivity index (χ0v) is 8.15. The number of aromatic nitrogens is 1. The molecule has 0 saturated carbocycles. The monoisotopic (exact) mass is 195 g/mol. The van der Waals surface area contributed by atoms with E-state index < -0.39 is 11.7 Å². The minimum Gasteiger partial charge on any atom is -0.438 e. The van der Waals surface area contributed by atoms with Gasteiger partial charge in [0.2, 0.25) is 0 Å². The maximum atomic E-state index is 10.9. The summed E-state index contributed by atoms with van der Waals surface area (Å²) < 4.78 is 5.07. The summed E-state index contributed by atoms with van der Waals surface area (Å²) >= 11 is 0. The van der Waals surface area contributed by atoms with E-state index >= 15 is 0 Å². The average Bonchev–Trinajstić information content (AvgIpc) is 2.18. The first kappa shape index (κ1) is 10.5. The fourth-order valence-electron chi connectivity index (χ4n) is 1.07. The van der Waals surface area contributed by atoms with E-state index in [9.17, 15) is 4.79 Å². The van der Waals surface area contributed by atoms with Crippen molar-refractivity contribution in [2.45, 2.75) is 19.4 Å². The van der Waals surface area contributed by atoms with Crippen molar-refractivity contribution >= 4 is 6.09 Å². The molecule has 1 aromatic heterocycles. The number of carbonyl (C=O) groups excluding carboxylic acids is 1. The Morgan fingerprint density at radius 2 is 2.07 bits per heavy atom. The Bertz CT molecular complexity index is 311. The Kier molecular flexibility index (Phi) is 3.03. The van der Waals surface area contributed by atoms with Gasteiger partial charge in [0.05, 0.1) is 0 Å². The summed E-state index contributed by atoms with van der Waals surface area (Å²) in [5.74, 6) is 4.92. The van der Waals surface area contributed by atoms with E-state index in [0.717, 1.165) is 5.56 Å². The van der Waals surface area contributed by atoms with E-state index in [0.29, 0.717) is 0 Å². The van der Waals surface area contributed by atoms with Crippen LogP contribution in [0.4, 0.5) is 4.79 Å². The second-order valence-corrected chi connectivity index (χ2v) is 3.28. The molecule has 76 valence electrons. The van der Waals surface area contributed by atoms with Crippen molar-refractivity contribution in [2.24, 2.45) is 5.84 Å². The molecule has 3 N–H and O–H groups in total. The largest absolute Gasteiger partial charge is 0.438 e. The number of carbonyl (C=O) groups is 1. The quantitative estimate of drug-likeness (QED) is 0.418. The van der Waals surface area contributed by atoms with Gasteiger partial charge in [0.25, 0.3) is 0 Å². The van der Waals surface area contributed by atoms with Gasteiger partial charge in [-0.3, -0.25) is 10.4 Å². The molecule has 14 heavy (non-hydrogen) atoms. The summed E-state index contributed by atoms with van der Waals surface area (Å²) in [7, 11) is 0. The zero-order chi connectivity index (χ0) is 10.6. The van der Waals surface area contributed by atoms with E-state index in [2.05, 4.69) is 4.98 Å². The van der Waals surface area contributed by atoms with Crippen LogP contribution in [0.2, 0.25) is 0 Å². The van der Waals surface area contributed by atoms with Crippen LogP contribution in [0.3, 0.4) is 0 Å².